The molecule has 0 aliphatic heterocycles. The van der Waals surface area contributed by atoms with Gasteiger partial charge in [-0.1, -0.05) is 42.5 Å². The Morgan fingerprint density at radius 2 is 1.70 bits per heavy atom. The van der Waals surface area contributed by atoms with E-state index >= 15 is 0 Å². The maximum atomic E-state index is 12.8. The van der Waals surface area contributed by atoms with Gasteiger partial charge in [-0.25, -0.2) is 0 Å². The molecule has 0 saturated carbocycles. The smallest absolute Gasteiger partial charge is 0.312 e. The van der Waals surface area contributed by atoms with Gasteiger partial charge in [-0.15, -0.1) is 0 Å². The third-order valence-electron chi connectivity index (χ3n) is 3.40. The summed E-state index contributed by atoms with van der Waals surface area (Å²) in [4.78, 5) is 11.9. The molecule has 2 N–H and O–H groups in total. The summed E-state index contributed by atoms with van der Waals surface area (Å²) in [6, 6.07) is 12.4. The van der Waals surface area contributed by atoms with Gasteiger partial charge >= 0.3 is 6.18 Å². The second-order valence-corrected chi connectivity index (χ2v) is 4.94. The van der Waals surface area contributed by atoms with Crippen LogP contribution in [0.2, 0.25) is 0 Å². The fourth-order valence-corrected chi connectivity index (χ4v) is 1.96. The molecule has 0 amide bonds. The van der Waals surface area contributed by atoms with E-state index in [1.54, 1.807) is 24.3 Å². The molecular formula is C15H14F3NO. The Bertz CT molecular complexity index is 642. The minimum atomic E-state index is -4.76. The van der Waals surface area contributed by atoms with Gasteiger partial charge in [0.25, 0.3) is 0 Å². The lowest BCUT2D eigenvalue weighted by atomic mass is 9.90. The number of rotatable bonds is 3. The lowest BCUT2D eigenvalue weighted by Gasteiger charge is -2.26. The molecule has 5 heteroatoms. The summed E-state index contributed by atoms with van der Waals surface area (Å²) in [5.41, 5.74) is 2.88. The minimum absolute atomic E-state index is 0.339. The van der Waals surface area contributed by atoms with Gasteiger partial charge in [0, 0.05) is 6.42 Å². The van der Waals surface area contributed by atoms with E-state index in [4.69, 9.17) is 5.73 Å². The van der Waals surface area contributed by atoms with Crippen LogP contribution in [0.5, 0.6) is 0 Å². The lowest BCUT2D eigenvalue weighted by Crippen LogP contribution is -2.57. The molecule has 0 bridgehead atoms. The first-order valence-electron chi connectivity index (χ1n) is 6.09. The zero-order valence-electron chi connectivity index (χ0n) is 10.9. The molecule has 0 aliphatic carbocycles. The number of carbonyl (C=O) groups is 1. The van der Waals surface area contributed by atoms with Gasteiger partial charge in [-0.3, -0.25) is 4.79 Å². The summed E-state index contributed by atoms with van der Waals surface area (Å²) in [5, 5.41) is 1.64. The standard InChI is InChI=1S/C15H14F3NO/c1-14(19,15(16,17)18)13(20)9-11-7-4-6-10-5-2-3-8-12(10)11/h2-8H,9,19H2,1H3. The SMILES string of the molecule is CC(N)(C(=O)Cc1cccc2ccccc12)C(F)(F)F. The molecule has 20 heavy (non-hydrogen) atoms. The fraction of sp³-hybridized carbons (Fsp3) is 0.267. The van der Waals surface area contributed by atoms with Crippen molar-refractivity contribution < 1.29 is 18.0 Å². The van der Waals surface area contributed by atoms with E-state index in [9.17, 15) is 18.0 Å². The first-order chi connectivity index (χ1) is 9.23. The Labute approximate surface area is 114 Å². The van der Waals surface area contributed by atoms with Crippen LogP contribution in [0.3, 0.4) is 0 Å². The third-order valence-corrected chi connectivity index (χ3v) is 3.40. The summed E-state index contributed by atoms with van der Waals surface area (Å²) in [5.74, 6) is -1.04. The van der Waals surface area contributed by atoms with E-state index in [0.29, 0.717) is 12.5 Å². The highest BCUT2D eigenvalue weighted by Gasteiger charge is 2.53. The molecule has 0 aliphatic rings. The maximum absolute atomic E-state index is 12.8. The quantitative estimate of drug-likeness (QED) is 0.938. The van der Waals surface area contributed by atoms with E-state index < -0.39 is 17.5 Å². The predicted octanol–water partition coefficient (Wildman–Crippen LogP) is 3.23. The van der Waals surface area contributed by atoms with Crippen molar-refractivity contribution in [3.8, 4) is 0 Å². The average Bonchev–Trinajstić information content (AvgIpc) is 2.37. The Morgan fingerprint density at radius 3 is 2.35 bits per heavy atom. The van der Waals surface area contributed by atoms with Gasteiger partial charge in [-0.2, -0.15) is 13.2 Å². The van der Waals surface area contributed by atoms with Gasteiger partial charge < -0.3 is 5.73 Å². The van der Waals surface area contributed by atoms with E-state index in [1.807, 2.05) is 18.2 Å². The number of hydrogen-bond acceptors (Lipinski definition) is 2. The highest BCUT2D eigenvalue weighted by atomic mass is 19.4. The monoisotopic (exact) mass is 281 g/mol. The molecule has 0 fully saturated rings. The van der Waals surface area contributed by atoms with Crippen molar-refractivity contribution in [1.82, 2.24) is 0 Å². The summed E-state index contributed by atoms with van der Waals surface area (Å²) in [6.07, 6.45) is -5.09. The van der Waals surface area contributed by atoms with Crippen LogP contribution < -0.4 is 5.73 Å². The van der Waals surface area contributed by atoms with Crippen molar-refractivity contribution in [2.24, 2.45) is 5.73 Å². The van der Waals surface area contributed by atoms with Gasteiger partial charge in [0.1, 0.15) is 0 Å². The molecule has 2 aromatic carbocycles. The summed E-state index contributed by atoms with van der Waals surface area (Å²) in [6.45, 7) is 0.709. The molecule has 0 radical (unpaired) electrons. The first kappa shape index (κ1) is 14.5. The predicted molar refractivity (Wildman–Crippen MR) is 71.3 cm³/mol. The van der Waals surface area contributed by atoms with Gasteiger partial charge in [-0.05, 0) is 23.3 Å². The summed E-state index contributed by atoms with van der Waals surface area (Å²) >= 11 is 0. The zero-order valence-corrected chi connectivity index (χ0v) is 10.9. The molecule has 106 valence electrons. The number of nitrogens with two attached hydrogens (primary N) is 1. The molecule has 1 unspecified atom stereocenters. The molecule has 0 aromatic heterocycles. The van der Waals surface area contributed by atoms with Crippen LogP contribution in [-0.2, 0) is 11.2 Å². The van der Waals surface area contributed by atoms with Gasteiger partial charge in [0.05, 0.1) is 0 Å². The summed E-state index contributed by atoms with van der Waals surface area (Å²) < 4.78 is 38.3. The summed E-state index contributed by atoms with van der Waals surface area (Å²) in [7, 11) is 0. The molecule has 1 atom stereocenters. The Kier molecular flexibility index (Phi) is 3.56. The van der Waals surface area contributed by atoms with Crippen molar-refractivity contribution in [3.05, 3.63) is 48.0 Å². The molecular weight excluding hydrogens is 267 g/mol. The van der Waals surface area contributed by atoms with Crippen LogP contribution in [0.25, 0.3) is 10.8 Å². The normalized spacial score (nSPS) is 15.1. The first-order valence-corrected chi connectivity index (χ1v) is 6.09. The number of benzene rings is 2. The van der Waals surface area contributed by atoms with Crippen LogP contribution >= 0.6 is 0 Å². The van der Waals surface area contributed by atoms with Crippen molar-refractivity contribution in [2.75, 3.05) is 0 Å². The van der Waals surface area contributed by atoms with Crippen LogP contribution in [-0.4, -0.2) is 17.5 Å². The van der Waals surface area contributed by atoms with E-state index in [-0.39, 0.29) is 6.42 Å². The highest BCUT2D eigenvalue weighted by Crippen LogP contribution is 2.30. The Balaban J connectivity index is 2.36. The molecule has 2 rings (SSSR count). The van der Waals surface area contributed by atoms with Crippen LogP contribution in [0, 0.1) is 0 Å². The van der Waals surface area contributed by atoms with Crippen molar-refractivity contribution in [3.63, 3.8) is 0 Å². The van der Waals surface area contributed by atoms with Crippen molar-refractivity contribution in [1.29, 1.82) is 0 Å². The average molecular weight is 281 g/mol. The van der Waals surface area contributed by atoms with Crippen LogP contribution in [0.15, 0.2) is 42.5 Å². The second-order valence-electron chi connectivity index (χ2n) is 4.94. The second kappa shape index (κ2) is 4.90. The molecule has 0 saturated heterocycles. The third kappa shape index (κ3) is 2.54. The molecule has 0 heterocycles. The minimum Gasteiger partial charge on any atom is -0.312 e. The van der Waals surface area contributed by atoms with Crippen LogP contribution in [0.1, 0.15) is 12.5 Å². The number of hydrogen-bond donors (Lipinski definition) is 1. The van der Waals surface area contributed by atoms with Gasteiger partial charge in [0.2, 0.25) is 0 Å². The van der Waals surface area contributed by atoms with E-state index in [2.05, 4.69) is 0 Å². The number of ketones is 1. The number of carbonyl (C=O) groups excluding carboxylic acids is 1. The maximum Gasteiger partial charge on any atom is 0.413 e. The van der Waals surface area contributed by atoms with Gasteiger partial charge in [0.15, 0.2) is 11.3 Å². The number of alkyl halides is 3. The molecule has 2 nitrogen and oxygen atoms in total. The largest absolute Gasteiger partial charge is 0.413 e. The highest BCUT2D eigenvalue weighted by molar-refractivity contribution is 5.95. The molecule has 2 aromatic rings. The number of fused-ring (bicyclic) bond motifs is 1. The fourth-order valence-electron chi connectivity index (χ4n) is 1.96. The number of Topliss-reactive ketones (excluding diaryl/α,β-unsaturated/α-hetero) is 1. The zero-order chi connectivity index (χ0) is 15.0. The van der Waals surface area contributed by atoms with Crippen molar-refractivity contribution in [2.45, 2.75) is 25.1 Å². The Morgan fingerprint density at radius 1 is 1.10 bits per heavy atom. The van der Waals surface area contributed by atoms with Crippen LogP contribution in [0.4, 0.5) is 13.2 Å². The van der Waals surface area contributed by atoms with Crippen molar-refractivity contribution >= 4 is 16.6 Å². The Hall–Kier alpha value is -1.88. The van der Waals surface area contributed by atoms with E-state index in [0.717, 1.165) is 10.8 Å². The lowest BCUT2D eigenvalue weighted by molar-refractivity contribution is -0.185. The van der Waals surface area contributed by atoms with E-state index in [1.165, 1.54) is 0 Å². The topological polar surface area (TPSA) is 43.1 Å². The molecule has 0 spiro atoms. The number of halogens is 3.